The Morgan fingerprint density at radius 1 is 1.14 bits per heavy atom. The standard InChI is InChI=1S/C17H17NO4/c1-21-16-11-5-9-15(10-6-12-18(19)20)17(16)22-13-14-7-3-2-4-8-14/h2-9,11-12H,10,13H2,1H3/b12-6+. The van der Waals surface area contributed by atoms with Gasteiger partial charge in [-0.25, -0.2) is 0 Å². The molecule has 0 amide bonds. The number of nitrogens with zero attached hydrogens (tertiary/aromatic N) is 1. The maximum absolute atomic E-state index is 10.4. The molecule has 5 heteroatoms. The van der Waals surface area contributed by atoms with E-state index in [0.717, 1.165) is 17.3 Å². The van der Waals surface area contributed by atoms with E-state index in [4.69, 9.17) is 9.47 Å². The Labute approximate surface area is 129 Å². The first-order valence-corrected chi connectivity index (χ1v) is 6.83. The number of allylic oxidation sites excluding steroid dienone is 1. The topological polar surface area (TPSA) is 61.6 Å². The van der Waals surface area contributed by atoms with Crippen LogP contribution in [0.15, 0.2) is 60.8 Å². The maximum Gasteiger partial charge on any atom is 0.230 e. The molecule has 2 rings (SSSR count). The molecule has 0 radical (unpaired) electrons. The summed E-state index contributed by atoms with van der Waals surface area (Å²) in [5, 5.41) is 10.4. The summed E-state index contributed by atoms with van der Waals surface area (Å²) in [7, 11) is 1.57. The number of nitro groups is 1. The highest BCUT2D eigenvalue weighted by Crippen LogP contribution is 2.32. The van der Waals surface area contributed by atoms with Crippen molar-refractivity contribution >= 4 is 0 Å². The SMILES string of the molecule is COc1cccc(C/C=C/[N+](=O)[O-])c1OCc1ccccc1. The van der Waals surface area contributed by atoms with E-state index in [1.807, 2.05) is 42.5 Å². The molecule has 0 bridgehead atoms. The van der Waals surface area contributed by atoms with Gasteiger partial charge in [0, 0.05) is 12.0 Å². The Morgan fingerprint density at radius 2 is 1.91 bits per heavy atom. The minimum atomic E-state index is -0.481. The normalized spacial score (nSPS) is 10.6. The van der Waals surface area contributed by atoms with Gasteiger partial charge in [-0.05, 0) is 17.7 Å². The Hall–Kier alpha value is -2.82. The van der Waals surface area contributed by atoms with Crippen LogP contribution in [0.2, 0.25) is 0 Å². The second kappa shape index (κ2) is 7.83. The number of para-hydroxylation sites is 1. The number of rotatable bonds is 7. The van der Waals surface area contributed by atoms with E-state index in [0.29, 0.717) is 24.5 Å². The zero-order valence-corrected chi connectivity index (χ0v) is 12.3. The van der Waals surface area contributed by atoms with Crippen LogP contribution in [0.25, 0.3) is 0 Å². The maximum atomic E-state index is 10.4. The summed E-state index contributed by atoms with van der Waals surface area (Å²) in [6.45, 7) is 0.410. The molecule has 0 aromatic heterocycles. The molecule has 0 aliphatic heterocycles. The van der Waals surface area contributed by atoms with Crippen molar-refractivity contribution in [3.63, 3.8) is 0 Å². The molecule has 2 aromatic rings. The predicted molar refractivity (Wildman–Crippen MR) is 83.6 cm³/mol. The van der Waals surface area contributed by atoms with E-state index >= 15 is 0 Å². The molecule has 0 aliphatic carbocycles. The van der Waals surface area contributed by atoms with Gasteiger partial charge in [-0.3, -0.25) is 10.1 Å². The molecule has 0 unspecified atom stereocenters. The lowest BCUT2D eigenvalue weighted by Crippen LogP contribution is -2.01. The molecule has 0 saturated heterocycles. The van der Waals surface area contributed by atoms with E-state index in [-0.39, 0.29) is 0 Å². The minimum absolute atomic E-state index is 0.405. The summed E-state index contributed by atoms with van der Waals surface area (Å²) < 4.78 is 11.2. The summed E-state index contributed by atoms with van der Waals surface area (Å²) in [5.74, 6) is 1.23. The van der Waals surface area contributed by atoms with Gasteiger partial charge in [-0.1, -0.05) is 42.5 Å². The second-order valence-corrected chi connectivity index (χ2v) is 4.60. The van der Waals surface area contributed by atoms with Crippen LogP contribution in [-0.4, -0.2) is 12.0 Å². The number of benzene rings is 2. The Morgan fingerprint density at radius 3 is 2.59 bits per heavy atom. The van der Waals surface area contributed by atoms with Gasteiger partial charge in [0.1, 0.15) is 6.61 Å². The Kier molecular flexibility index (Phi) is 5.54. The van der Waals surface area contributed by atoms with Crippen LogP contribution in [0.5, 0.6) is 11.5 Å². The van der Waals surface area contributed by atoms with E-state index in [2.05, 4.69) is 0 Å². The van der Waals surface area contributed by atoms with E-state index in [9.17, 15) is 10.1 Å². The molecule has 0 heterocycles. The van der Waals surface area contributed by atoms with Crippen molar-refractivity contribution in [3.8, 4) is 11.5 Å². The Bertz CT molecular complexity index is 653. The fourth-order valence-electron chi connectivity index (χ4n) is 2.04. The van der Waals surface area contributed by atoms with Gasteiger partial charge in [-0.2, -0.15) is 0 Å². The van der Waals surface area contributed by atoms with Crippen LogP contribution in [-0.2, 0) is 13.0 Å². The summed E-state index contributed by atoms with van der Waals surface area (Å²) in [6, 6.07) is 15.3. The molecule has 0 atom stereocenters. The van der Waals surface area contributed by atoms with Gasteiger partial charge in [0.05, 0.1) is 12.0 Å². The predicted octanol–water partition coefficient (Wildman–Crippen LogP) is 3.61. The van der Waals surface area contributed by atoms with Crippen LogP contribution in [0.4, 0.5) is 0 Å². The van der Waals surface area contributed by atoms with E-state index in [1.165, 1.54) is 6.08 Å². The molecular weight excluding hydrogens is 282 g/mol. The first kappa shape index (κ1) is 15.6. The zero-order chi connectivity index (χ0) is 15.8. The van der Waals surface area contributed by atoms with Crippen molar-refractivity contribution in [2.75, 3.05) is 7.11 Å². The van der Waals surface area contributed by atoms with Gasteiger partial charge in [-0.15, -0.1) is 0 Å². The average Bonchev–Trinajstić information content (AvgIpc) is 2.54. The van der Waals surface area contributed by atoms with Crippen LogP contribution >= 0.6 is 0 Å². The number of hydrogen-bond acceptors (Lipinski definition) is 4. The number of ether oxygens (including phenoxy) is 2. The van der Waals surface area contributed by atoms with Crippen molar-refractivity contribution in [2.45, 2.75) is 13.0 Å². The van der Waals surface area contributed by atoms with Crippen molar-refractivity contribution in [1.82, 2.24) is 0 Å². The van der Waals surface area contributed by atoms with Crippen LogP contribution in [0.1, 0.15) is 11.1 Å². The van der Waals surface area contributed by atoms with Crippen molar-refractivity contribution < 1.29 is 14.4 Å². The highest BCUT2D eigenvalue weighted by atomic mass is 16.6. The lowest BCUT2D eigenvalue weighted by molar-refractivity contribution is -0.402. The first-order valence-electron chi connectivity index (χ1n) is 6.83. The molecule has 0 N–H and O–H groups in total. The largest absolute Gasteiger partial charge is 0.493 e. The molecule has 114 valence electrons. The molecular formula is C17H17NO4. The zero-order valence-electron chi connectivity index (χ0n) is 12.3. The third kappa shape index (κ3) is 4.34. The summed E-state index contributed by atoms with van der Waals surface area (Å²) in [6.07, 6.45) is 2.83. The van der Waals surface area contributed by atoms with Gasteiger partial charge in [0.25, 0.3) is 0 Å². The van der Waals surface area contributed by atoms with Crippen molar-refractivity contribution in [3.05, 3.63) is 82.0 Å². The van der Waals surface area contributed by atoms with Gasteiger partial charge in [0.2, 0.25) is 6.20 Å². The van der Waals surface area contributed by atoms with Crippen molar-refractivity contribution in [1.29, 1.82) is 0 Å². The number of methoxy groups -OCH3 is 1. The molecule has 5 nitrogen and oxygen atoms in total. The number of hydrogen-bond donors (Lipinski definition) is 0. The fourth-order valence-corrected chi connectivity index (χ4v) is 2.04. The van der Waals surface area contributed by atoms with E-state index in [1.54, 1.807) is 13.2 Å². The van der Waals surface area contributed by atoms with E-state index < -0.39 is 4.92 Å². The van der Waals surface area contributed by atoms with Crippen LogP contribution < -0.4 is 9.47 Å². The van der Waals surface area contributed by atoms with Crippen molar-refractivity contribution in [2.24, 2.45) is 0 Å². The Balaban J connectivity index is 2.17. The molecule has 0 aliphatic rings. The molecule has 22 heavy (non-hydrogen) atoms. The lowest BCUT2D eigenvalue weighted by atomic mass is 10.1. The molecule has 2 aromatic carbocycles. The summed E-state index contributed by atoms with van der Waals surface area (Å²) in [5.41, 5.74) is 1.88. The third-order valence-electron chi connectivity index (χ3n) is 3.07. The van der Waals surface area contributed by atoms with Crippen LogP contribution in [0.3, 0.4) is 0 Å². The highest BCUT2D eigenvalue weighted by Gasteiger charge is 2.10. The monoisotopic (exact) mass is 299 g/mol. The average molecular weight is 299 g/mol. The molecule has 0 saturated carbocycles. The van der Waals surface area contributed by atoms with Gasteiger partial charge < -0.3 is 9.47 Å². The summed E-state index contributed by atoms with van der Waals surface area (Å²) in [4.78, 5) is 9.89. The van der Waals surface area contributed by atoms with Gasteiger partial charge >= 0.3 is 0 Å². The summed E-state index contributed by atoms with van der Waals surface area (Å²) >= 11 is 0. The fraction of sp³-hybridized carbons (Fsp3) is 0.176. The smallest absolute Gasteiger partial charge is 0.230 e. The lowest BCUT2D eigenvalue weighted by Gasteiger charge is -2.14. The quantitative estimate of drug-likeness (QED) is 0.579. The highest BCUT2D eigenvalue weighted by molar-refractivity contribution is 5.47. The molecule has 0 spiro atoms. The first-order chi connectivity index (χ1) is 10.7. The molecule has 0 fully saturated rings. The second-order valence-electron chi connectivity index (χ2n) is 4.60. The van der Waals surface area contributed by atoms with Crippen LogP contribution in [0, 0.1) is 10.1 Å². The van der Waals surface area contributed by atoms with Gasteiger partial charge in [0.15, 0.2) is 11.5 Å². The third-order valence-corrected chi connectivity index (χ3v) is 3.07. The minimum Gasteiger partial charge on any atom is -0.493 e.